The lowest BCUT2D eigenvalue weighted by molar-refractivity contribution is 0.321. The number of nitrogens with two attached hydrogens (primary N) is 2. The molecule has 0 amide bonds. The lowest BCUT2D eigenvalue weighted by Crippen LogP contribution is -2.36. The second-order valence-corrected chi connectivity index (χ2v) is 4.33. The first-order valence-electron chi connectivity index (χ1n) is 5.53. The molecule has 0 heterocycles. The number of halogens is 1. The van der Waals surface area contributed by atoms with E-state index in [2.05, 4.69) is 0 Å². The topological polar surface area (TPSA) is 61.3 Å². The lowest BCUT2D eigenvalue weighted by Gasteiger charge is -2.19. The molecule has 4 N–H and O–H groups in total. The number of rotatable bonds is 4. The summed E-state index contributed by atoms with van der Waals surface area (Å²) in [7, 11) is 0. The summed E-state index contributed by atoms with van der Waals surface area (Å²) in [6, 6.07) is 4.52. The van der Waals surface area contributed by atoms with Gasteiger partial charge in [0, 0.05) is 11.6 Å². The Bertz CT molecular complexity index is 391. The van der Waals surface area contributed by atoms with Crippen LogP contribution < -0.4 is 16.2 Å². The molecule has 1 saturated carbocycles. The highest BCUT2D eigenvalue weighted by molar-refractivity contribution is 5.33. The molecule has 1 aliphatic carbocycles. The smallest absolute Gasteiger partial charge is 0.165 e. The maximum absolute atomic E-state index is 13.6. The van der Waals surface area contributed by atoms with E-state index in [1.165, 1.54) is 6.07 Å². The van der Waals surface area contributed by atoms with Gasteiger partial charge in [-0.3, -0.25) is 0 Å². The summed E-state index contributed by atoms with van der Waals surface area (Å²) in [5.74, 6) is -0.112. The predicted molar refractivity (Wildman–Crippen MR) is 60.6 cm³/mol. The van der Waals surface area contributed by atoms with Crippen LogP contribution >= 0.6 is 0 Å². The van der Waals surface area contributed by atoms with Gasteiger partial charge in [0.15, 0.2) is 11.6 Å². The molecule has 0 spiro atoms. The first-order valence-corrected chi connectivity index (χ1v) is 5.53. The van der Waals surface area contributed by atoms with Crippen molar-refractivity contribution in [3.05, 3.63) is 29.6 Å². The second-order valence-electron chi connectivity index (χ2n) is 4.33. The molecule has 1 atom stereocenters. The summed E-state index contributed by atoms with van der Waals surface area (Å²) in [5, 5.41) is 0. The van der Waals surface area contributed by atoms with Gasteiger partial charge in [-0.05, 0) is 37.5 Å². The summed E-state index contributed by atoms with van der Waals surface area (Å²) >= 11 is 0. The van der Waals surface area contributed by atoms with E-state index in [1.807, 2.05) is 6.92 Å². The fourth-order valence-corrected chi connectivity index (χ4v) is 1.77. The zero-order valence-electron chi connectivity index (χ0n) is 9.37. The van der Waals surface area contributed by atoms with Crippen LogP contribution in [0, 0.1) is 5.82 Å². The molecule has 0 saturated heterocycles. The van der Waals surface area contributed by atoms with E-state index < -0.39 is 0 Å². The molecule has 0 bridgehead atoms. The molecule has 1 aromatic carbocycles. The molecule has 2 rings (SSSR count). The summed E-state index contributed by atoms with van der Waals surface area (Å²) in [4.78, 5) is 0. The zero-order valence-corrected chi connectivity index (χ0v) is 9.37. The van der Waals surface area contributed by atoms with Crippen molar-refractivity contribution in [2.45, 2.75) is 31.3 Å². The molecule has 16 heavy (non-hydrogen) atoms. The molecule has 88 valence electrons. The molecule has 3 nitrogen and oxygen atoms in total. The van der Waals surface area contributed by atoms with Crippen LogP contribution in [-0.4, -0.2) is 12.1 Å². The minimum Gasteiger partial charge on any atom is -0.491 e. The van der Waals surface area contributed by atoms with Crippen molar-refractivity contribution < 1.29 is 9.13 Å². The Morgan fingerprint density at radius 2 is 2.19 bits per heavy atom. The number of hydrogen-bond donors (Lipinski definition) is 2. The van der Waals surface area contributed by atoms with E-state index in [4.69, 9.17) is 16.2 Å². The third-order valence-electron chi connectivity index (χ3n) is 3.06. The maximum atomic E-state index is 13.6. The van der Waals surface area contributed by atoms with E-state index in [0.717, 1.165) is 18.4 Å². The van der Waals surface area contributed by atoms with Crippen LogP contribution in [0.15, 0.2) is 18.2 Å². The van der Waals surface area contributed by atoms with Gasteiger partial charge in [0.05, 0.1) is 6.61 Å². The van der Waals surface area contributed by atoms with E-state index in [-0.39, 0.29) is 23.1 Å². The molecular formula is C12H17FN2O. The van der Waals surface area contributed by atoms with Gasteiger partial charge >= 0.3 is 0 Å². The van der Waals surface area contributed by atoms with Gasteiger partial charge in [-0.15, -0.1) is 0 Å². The molecule has 0 radical (unpaired) electrons. The lowest BCUT2D eigenvalue weighted by atomic mass is 9.99. The summed E-state index contributed by atoms with van der Waals surface area (Å²) < 4.78 is 18.7. The van der Waals surface area contributed by atoms with Gasteiger partial charge in [-0.1, -0.05) is 6.07 Å². The van der Waals surface area contributed by atoms with Crippen molar-refractivity contribution in [1.82, 2.24) is 0 Å². The first-order chi connectivity index (χ1) is 7.57. The van der Waals surface area contributed by atoms with Crippen LogP contribution in [0.1, 0.15) is 31.4 Å². The molecule has 1 aliphatic rings. The predicted octanol–water partition coefficient (Wildman–Crippen LogP) is 1.72. The Morgan fingerprint density at radius 1 is 1.50 bits per heavy atom. The molecule has 0 aliphatic heterocycles. The number of ether oxygens (including phenoxy) is 1. The third kappa shape index (κ3) is 2.03. The van der Waals surface area contributed by atoms with Crippen molar-refractivity contribution in [2.24, 2.45) is 11.5 Å². The van der Waals surface area contributed by atoms with Crippen molar-refractivity contribution in [1.29, 1.82) is 0 Å². The molecular weight excluding hydrogens is 207 g/mol. The van der Waals surface area contributed by atoms with Crippen LogP contribution in [-0.2, 0) is 0 Å². The van der Waals surface area contributed by atoms with Gasteiger partial charge in [-0.25, -0.2) is 4.39 Å². The quantitative estimate of drug-likeness (QED) is 0.818. The van der Waals surface area contributed by atoms with Crippen LogP contribution in [0.4, 0.5) is 4.39 Å². The molecule has 1 unspecified atom stereocenters. The highest BCUT2D eigenvalue weighted by Crippen LogP contribution is 2.42. The van der Waals surface area contributed by atoms with Crippen LogP contribution in [0.3, 0.4) is 0 Å². The minimum absolute atomic E-state index is 0.264. The fourth-order valence-electron chi connectivity index (χ4n) is 1.77. The summed E-state index contributed by atoms with van der Waals surface area (Å²) in [5.41, 5.74) is 12.4. The van der Waals surface area contributed by atoms with Gasteiger partial charge in [0.2, 0.25) is 0 Å². The Labute approximate surface area is 94.6 Å². The van der Waals surface area contributed by atoms with E-state index in [9.17, 15) is 4.39 Å². The highest BCUT2D eigenvalue weighted by Gasteiger charge is 2.44. The standard InChI is InChI=1S/C12H17FN2O/c1-2-16-10-4-3-8(7-9(10)13)11(14)12(15)5-6-12/h3-4,7,11H,2,5-6,14-15H2,1H3. The van der Waals surface area contributed by atoms with Gasteiger partial charge in [-0.2, -0.15) is 0 Å². The van der Waals surface area contributed by atoms with E-state index in [1.54, 1.807) is 12.1 Å². The Kier molecular flexibility index (Phi) is 2.86. The average molecular weight is 224 g/mol. The summed E-state index contributed by atoms with van der Waals surface area (Å²) in [6.07, 6.45) is 1.81. The third-order valence-corrected chi connectivity index (χ3v) is 3.06. The fraction of sp³-hybridized carbons (Fsp3) is 0.500. The zero-order chi connectivity index (χ0) is 11.8. The molecule has 4 heteroatoms. The van der Waals surface area contributed by atoms with Crippen molar-refractivity contribution in [2.75, 3.05) is 6.61 Å². The van der Waals surface area contributed by atoms with Crippen LogP contribution in [0.25, 0.3) is 0 Å². The Hall–Kier alpha value is -1.13. The van der Waals surface area contributed by atoms with Gasteiger partial charge < -0.3 is 16.2 Å². The van der Waals surface area contributed by atoms with Crippen molar-refractivity contribution in [3.8, 4) is 5.75 Å². The Balaban J connectivity index is 2.20. The monoisotopic (exact) mass is 224 g/mol. The molecule has 0 aromatic heterocycles. The Morgan fingerprint density at radius 3 is 2.69 bits per heavy atom. The molecule has 1 fully saturated rings. The maximum Gasteiger partial charge on any atom is 0.165 e. The van der Waals surface area contributed by atoms with Crippen LogP contribution in [0.5, 0.6) is 5.75 Å². The van der Waals surface area contributed by atoms with Gasteiger partial charge in [0.1, 0.15) is 0 Å². The second kappa shape index (κ2) is 4.03. The number of benzene rings is 1. The normalized spacial score (nSPS) is 19.2. The summed E-state index contributed by atoms with van der Waals surface area (Å²) in [6.45, 7) is 2.27. The van der Waals surface area contributed by atoms with Gasteiger partial charge in [0.25, 0.3) is 0 Å². The SMILES string of the molecule is CCOc1ccc(C(N)C2(N)CC2)cc1F. The minimum atomic E-state index is -0.376. The van der Waals surface area contributed by atoms with E-state index >= 15 is 0 Å². The first kappa shape index (κ1) is 11.4. The average Bonchev–Trinajstić information content (AvgIpc) is 3.00. The molecule has 1 aromatic rings. The van der Waals surface area contributed by atoms with Crippen LogP contribution in [0.2, 0.25) is 0 Å². The van der Waals surface area contributed by atoms with Crippen molar-refractivity contribution >= 4 is 0 Å². The largest absolute Gasteiger partial charge is 0.491 e. The number of hydrogen-bond acceptors (Lipinski definition) is 3. The van der Waals surface area contributed by atoms with E-state index in [0.29, 0.717) is 6.61 Å². The highest BCUT2D eigenvalue weighted by atomic mass is 19.1. The van der Waals surface area contributed by atoms with Crippen molar-refractivity contribution in [3.63, 3.8) is 0 Å².